The number of methoxy groups -OCH3 is 1. The van der Waals surface area contributed by atoms with Gasteiger partial charge in [-0.25, -0.2) is 0 Å². The van der Waals surface area contributed by atoms with Gasteiger partial charge >= 0.3 is 0 Å². The molecule has 1 aliphatic carbocycles. The molecule has 0 bridgehead atoms. The second-order valence-electron chi connectivity index (χ2n) is 6.46. The van der Waals surface area contributed by atoms with Crippen molar-refractivity contribution in [3.63, 3.8) is 0 Å². The number of hydrogen-bond acceptors (Lipinski definition) is 3. The summed E-state index contributed by atoms with van der Waals surface area (Å²) in [6, 6.07) is 0.329. The molecule has 3 N–H and O–H groups in total. The van der Waals surface area contributed by atoms with Crippen molar-refractivity contribution >= 4 is 0 Å². The molecule has 1 rings (SSSR count). The van der Waals surface area contributed by atoms with Gasteiger partial charge in [-0.2, -0.15) is 0 Å². The van der Waals surface area contributed by atoms with Gasteiger partial charge in [0, 0.05) is 7.11 Å². The molecule has 0 aromatic heterocycles. The van der Waals surface area contributed by atoms with E-state index in [4.69, 9.17) is 10.6 Å². The van der Waals surface area contributed by atoms with Crippen LogP contribution in [0.25, 0.3) is 0 Å². The highest BCUT2D eigenvalue weighted by atomic mass is 16.5. The molecule has 1 saturated carbocycles. The zero-order valence-electron chi connectivity index (χ0n) is 13.8. The Morgan fingerprint density at radius 1 is 1.00 bits per heavy atom. The largest absolute Gasteiger partial charge is 0.377 e. The van der Waals surface area contributed by atoms with E-state index in [1.165, 1.54) is 64.2 Å². The maximum Gasteiger partial charge on any atom is 0.0844 e. The van der Waals surface area contributed by atoms with Crippen molar-refractivity contribution < 1.29 is 4.74 Å². The minimum atomic E-state index is 0.00980. The van der Waals surface area contributed by atoms with Crippen molar-refractivity contribution in [1.29, 1.82) is 0 Å². The maximum absolute atomic E-state index is 5.83. The van der Waals surface area contributed by atoms with E-state index in [2.05, 4.69) is 12.3 Å². The summed E-state index contributed by atoms with van der Waals surface area (Å²) in [6.07, 6.45) is 17.0. The number of rotatable bonds is 12. The monoisotopic (exact) mass is 284 g/mol. The fourth-order valence-electron chi connectivity index (χ4n) is 3.65. The number of unbranched alkanes of at least 4 members (excludes halogenated alkanes) is 7. The highest BCUT2D eigenvalue weighted by Crippen LogP contribution is 2.37. The second kappa shape index (κ2) is 10.6. The lowest BCUT2D eigenvalue weighted by molar-refractivity contribution is -0.0384. The Labute approximate surface area is 126 Å². The van der Waals surface area contributed by atoms with E-state index in [-0.39, 0.29) is 5.60 Å². The Hall–Kier alpha value is -0.120. The van der Waals surface area contributed by atoms with Gasteiger partial charge < -0.3 is 4.74 Å². The molecule has 3 nitrogen and oxygen atoms in total. The number of hydrogen-bond donors (Lipinski definition) is 2. The molecule has 20 heavy (non-hydrogen) atoms. The lowest BCUT2D eigenvalue weighted by Gasteiger charge is -2.36. The maximum atomic E-state index is 5.83. The summed E-state index contributed by atoms with van der Waals surface area (Å²) in [5, 5.41) is 0. The molecule has 0 aliphatic heterocycles. The van der Waals surface area contributed by atoms with Crippen LogP contribution in [0.5, 0.6) is 0 Å². The van der Waals surface area contributed by atoms with E-state index in [1.54, 1.807) is 0 Å². The molecule has 0 spiro atoms. The summed E-state index contributed by atoms with van der Waals surface area (Å²) in [5.74, 6) is 5.78. The van der Waals surface area contributed by atoms with Gasteiger partial charge in [-0.15, -0.1) is 0 Å². The first-order valence-corrected chi connectivity index (χ1v) is 8.80. The highest BCUT2D eigenvalue weighted by Gasteiger charge is 2.40. The van der Waals surface area contributed by atoms with Gasteiger partial charge in [0.2, 0.25) is 0 Å². The summed E-state index contributed by atoms with van der Waals surface area (Å²) in [6.45, 7) is 2.27. The molecular weight excluding hydrogens is 248 g/mol. The second-order valence-corrected chi connectivity index (χ2v) is 6.46. The molecule has 0 heterocycles. The van der Waals surface area contributed by atoms with Crippen LogP contribution in [0, 0.1) is 0 Å². The van der Waals surface area contributed by atoms with Crippen LogP contribution in [0.4, 0.5) is 0 Å². The first-order valence-electron chi connectivity index (χ1n) is 8.80. The van der Waals surface area contributed by atoms with E-state index in [0.29, 0.717) is 6.04 Å². The average molecular weight is 284 g/mol. The standard InChI is InChI=1S/C17H36N2O/c1-3-4-5-6-7-8-9-10-13-16(19-18)17(20-2)14-11-12-15-17/h16,19H,3-15,18H2,1-2H3. The topological polar surface area (TPSA) is 47.3 Å². The summed E-state index contributed by atoms with van der Waals surface area (Å²) in [5.41, 5.74) is 3.04. The molecule has 0 radical (unpaired) electrons. The van der Waals surface area contributed by atoms with E-state index in [1.807, 2.05) is 7.11 Å². The van der Waals surface area contributed by atoms with Gasteiger partial charge in [0.05, 0.1) is 11.6 Å². The third-order valence-electron chi connectivity index (χ3n) is 5.04. The molecule has 0 amide bonds. The third-order valence-corrected chi connectivity index (χ3v) is 5.04. The van der Waals surface area contributed by atoms with E-state index >= 15 is 0 Å². The Morgan fingerprint density at radius 3 is 2.05 bits per heavy atom. The Morgan fingerprint density at radius 2 is 1.55 bits per heavy atom. The Bertz CT molecular complexity index is 227. The molecule has 1 atom stereocenters. The Kier molecular flexibility index (Phi) is 9.49. The predicted octanol–water partition coefficient (Wildman–Crippen LogP) is 4.31. The SMILES string of the molecule is CCCCCCCCCCC(NN)C1(OC)CCCC1. The first-order chi connectivity index (χ1) is 9.79. The van der Waals surface area contributed by atoms with E-state index in [0.717, 1.165) is 19.3 Å². The molecule has 1 fully saturated rings. The number of nitrogens with two attached hydrogens (primary N) is 1. The van der Waals surface area contributed by atoms with Crippen LogP contribution in [-0.4, -0.2) is 18.8 Å². The molecular formula is C17H36N2O. The normalized spacial score (nSPS) is 19.4. The fourth-order valence-corrected chi connectivity index (χ4v) is 3.65. The summed E-state index contributed by atoms with van der Waals surface area (Å²) in [4.78, 5) is 0. The molecule has 0 aromatic rings. The molecule has 0 saturated heterocycles. The van der Waals surface area contributed by atoms with Crippen LogP contribution in [0.2, 0.25) is 0 Å². The van der Waals surface area contributed by atoms with Gasteiger partial charge in [0.1, 0.15) is 0 Å². The third kappa shape index (κ3) is 5.71. The molecule has 1 unspecified atom stereocenters. The first kappa shape index (κ1) is 17.9. The van der Waals surface area contributed by atoms with Crippen molar-refractivity contribution in [3.8, 4) is 0 Å². The van der Waals surface area contributed by atoms with Crippen molar-refractivity contribution in [2.24, 2.45) is 5.84 Å². The van der Waals surface area contributed by atoms with Crippen molar-refractivity contribution in [2.45, 2.75) is 102 Å². The quantitative estimate of drug-likeness (QED) is 0.319. The van der Waals surface area contributed by atoms with Crippen LogP contribution in [0.3, 0.4) is 0 Å². The summed E-state index contributed by atoms with van der Waals surface area (Å²) < 4.78 is 5.83. The van der Waals surface area contributed by atoms with Crippen molar-refractivity contribution in [2.75, 3.05) is 7.11 Å². The minimum absolute atomic E-state index is 0.00980. The summed E-state index contributed by atoms with van der Waals surface area (Å²) in [7, 11) is 1.85. The fraction of sp³-hybridized carbons (Fsp3) is 1.00. The number of ether oxygens (including phenoxy) is 1. The van der Waals surface area contributed by atoms with E-state index in [9.17, 15) is 0 Å². The van der Waals surface area contributed by atoms with Crippen molar-refractivity contribution in [3.05, 3.63) is 0 Å². The van der Waals surface area contributed by atoms with Gasteiger partial charge in [0.15, 0.2) is 0 Å². The molecule has 120 valence electrons. The lowest BCUT2D eigenvalue weighted by atomic mass is 9.88. The van der Waals surface area contributed by atoms with Crippen LogP contribution in [0.1, 0.15) is 90.4 Å². The van der Waals surface area contributed by atoms with Crippen molar-refractivity contribution in [1.82, 2.24) is 5.43 Å². The zero-order valence-corrected chi connectivity index (χ0v) is 13.8. The molecule has 0 aromatic carbocycles. The number of nitrogens with one attached hydrogen (secondary N) is 1. The van der Waals surface area contributed by atoms with Gasteiger partial charge in [0.25, 0.3) is 0 Å². The van der Waals surface area contributed by atoms with Gasteiger partial charge in [-0.05, 0) is 19.3 Å². The van der Waals surface area contributed by atoms with Crippen LogP contribution in [0.15, 0.2) is 0 Å². The molecule has 3 heteroatoms. The minimum Gasteiger partial charge on any atom is -0.377 e. The Balaban J connectivity index is 2.12. The average Bonchev–Trinajstić information content (AvgIpc) is 2.96. The van der Waals surface area contributed by atoms with Gasteiger partial charge in [-0.1, -0.05) is 71.1 Å². The van der Waals surface area contributed by atoms with Crippen LogP contribution < -0.4 is 11.3 Å². The number of hydrazine groups is 1. The van der Waals surface area contributed by atoms with Crippen LogP contribution in [-0.2, 0) is 4.74 Å². The lowest BCUT2D eigenvalue weighted by Crippen LogP contribution is -2.53. The molecule has 1 aliphatic rings. The van der Waals surface area contributed by atoms with Crippen LogP contribution >= 0.6 is 0 Å². The smallest absolute Gasteiger partial charge is 0.0844 e. The van der Waals surface area contributed by atoms with Gasteiger partial charge in [-0.3, -0.25) is 11.3 Å². The van der Waals surface area contributed by atoms with E-state index < -0.39 is 0 Å². The summed E-state index contributed by atoms with van der Waals surface area (Å²) >= 11 is 0. The predicted molar refractivity (Wildman–Crippen MR) is 86.5 cm³/mol. The zero-order chi connectivity index (χ0) is 14.7. The highest BCUT2D eigenvalue weighted by molar-refractivity contribution is 4.95.